The molecule has 1 radical (unpaired) electrons. The third-order valence-electron chi connectivity index (χ3n) is 2.41. The van der Waals surface area contributed by atoms with Crippen molar-refractivity contribution in [3.63, 3.8) is 0 Å². The molecular formula is C12H6IrN3-. The minimum atomic E-state index is 0. The van der Waals surface area contributed by atoms with Gasteiger partial charge < -0.3 is 4.40 Å². The van der Waals surface area contributed by atoms with Gasteiger partial charge in [0.05, 0.1) is 12.2 Å². The Hall–Kier alpha value is -1.69. The standard InChI is InChI=1S/C12H6N3.Ir/c1-13-11-8-15-7-6-14-12(15)10-5-3-2-4-9(10)11;/h2-4,6-8H;/q-1;. The van der Waals surface area contributed by atoms with Gasteiger partial charge in [0.1, 0.15) is 0 Å². The number of benzene rings is 1. The van der Waals surface area contributed by atoms with Crippen molar-refractivity contribution in [2.24, 2.45) is 0 Å². The summed E-state index contributed by atoms with van der Waals surface area (Å²) in [4.78, 5) is 7.76. The van der Waals surface area contributed by atoms with Crippen molar-refractivity contribution in [3.8, 4) is 0 Å². The maximum atomic E-state index is 7.13. The van der Waals surface area contributed by atoms with E-state index in [1.54, 1.807) is 12.4 Å². The molecule has 0 aliphatic heterocycles. The molecule has 0 bridgehead atoms. The average molecular weight is 384 g/mol. The molecule has 0 saturated heterocycles. The Kier molecular flexibility index (Phi) is 2.74. The largest absolute Gasteiger partial charge is 0.357 e. The van der Waals surface area contributed by atoms with Crippen molar-refractivity contribution < 1.29 is 20.1 Å². The molecule has 0 spiro atoms. The Morgan fingerprint density at radius 1 is 1.44 bits per heavy atom. The van der Waals surface area contributed by atoms with E-state index in [1.807, 2.05) is 28.8 Å². The van der Waals surface area contributed by atoms with E-state index < -0.39 is 0 Å². The first kappa shape index (κ1) is 10.8. The molecule has 3 rings (SSSR count). The van der Waals surface area contributed by atoms with E-state index in [4.69, 9.17) is 6.57 Å². The molecule has 2 heterocycles. The Bertz CT molecular complexity index is 694. The molecule has 0 amide bonds. The molecular weight excluding hydrogens is 378 g/mol. The summed E-state index contributed by atoms with van der Waals surface area (Å²) >= 11 is 0. The van der Waals surface area contributed by atoms with Crippen LogP contribution in [0.4, 0.5) is 5.69 Å². The predicted octanol–water partition coefficient (Wildman–Crippen LogP) is 2.84. The fourth-order valence-corrected chi connectivity index (χ4v) is 1.74. The van der Waals surface area contributed by atoms with E-state index >= 15 is 0 Å². The van der Waals surface area contributed by atoms with Crippen LogP contribution in [0.25, 0.3) is 21.3 Å². The molecule has 0 unspecified atom stereocenters. The number of pyridine rings is 1. The minimum absolute atomic E-state index is 0. The summed E-state index contributed by atoms with van der Waals surface area (Å²) in [6, 6.07) is 8.78. The van der Waals surface area contributed by atoms with E-state index in [0.29, 0.717) is 5.69 Å². The van der Waals surface area contributed by atoms with Crippen LogP contribution >= 0.6 is 0 Å². The predicted molar refractivity (Wildman–Crippen MR) is 57.8 cm³/mol. The van der Waals surface area contributed by atoms with Gasteiger partial charge >= 0.3 is 0 Å². The van der Waals surface area contributed by atoms with Crippen LogP contribution in [-0.4, -0.2) is 9.38 Å². The average Bonchev–Trinajstić information content (AvgIpc) is 2.76. The molecule has 4 heteroatoms. The van der Waals surface area contributed by atoms with Crippen molar-refractivity contribution in [2.75, 3.05) is 0 Å². The molecule has 0 aliphatic carbocycles. The number of imidazole rings is 1. The van der Waals surface area contributed by atoms with E-state index in [0.717, 1.165) is 16.4 Å². The molecule has 2 aromatic heterocycles. The first-order valence-corrected chi connectivity index (χ1v) is 4.54. The van der Waals surface area contributed by atoms with Gasteiger partial charge in [0.25, 0.3) is 0 Å². The van der Waals surface area contributed by atoms with E-state index in [9.17, 15) is 0 Å². The van der Waals surface area contributed by atoms with Crippen LogP contribution in [-0.2, 0) is 20.1 Å². The number of rotatable bonds is 0. The van der Waals surface area contributed by atoms with Gasteiger partial charge in [-0.3, -0.25) is 4.98 Å². The zero-order valence-corrected chi connectivity index (χ0v) is 10.5. The van der Waals surface area contributed by atoms with Crippen LogP contribution in [0.5, 0.6) is 0 Å². The second-order valence-corrected chi connectivity index (χ2v) is 3.24. The van der Waals surface area contributed by atoms with Gasteiger partial charge in [-0.2, -0.15) is 0 Å². The van der Waals surface area contributed by atoms with E-state index in [2.05, 4.69) is 15.9 Å². The maximum absolute atomic E-state index is 7.13. The molecule has 0 N–H and O–H groups in total. The second kappa shape index (κ2) is 4.05. The van der Waals surface area contributed by atoms with Crippen LogP contribution in [0.3, 0.4) is 0 Å². The first-order valence-electron chi connectivity index (χ1n) is 4.54. The molecule has 1 aromatic carbocycles. The Morgan fingerprint density at radius 3 is 3.12 bits per heavy atom. The second-order valence-electron chi connectivity index (χ2n) is 3.24. The van der Waals surface area contributed by atoms with Crippen molar-refractivity contribution in [2.45, 2.75) is 0 Å². The Labute approximate surface area is 106 Å². The fraction of sp³-hybridized carbons (Fsp3) is 0. The summed E-state index contributed by atoms with van der Waals surface area (Å²) in [6.45, 7) is 7.13. The zero-order valence-electron chi connectivity index (χ0n) is 8.14. The number of aromatic nitrogens is 2. The molecule has 3 nitrogen and oxygen atoms in total. The fourth-order valence-electron chi connectivity index (χ4n) is 1.74. The molecule has 0 atom stereocenters. The number of nitrogens with zero attached hydrogens (tertiary/aromatic N) is 3. The number of fused-ring (bicyclic) bond motifs is 3. The SMILES string of the molecule is [C-]#[N+]c1cn2ccnc2c2[c-]cccc12.[Ir]. The number of hydrogen-bond donors (Lipinski definition) is 0. The van der Waals surface area contributed by atoms with Gasteiger partial charge in [-0.25, -0.2) is 4.85 Å². The summed E-state index contributed by atoms with van der Waals surface area (Å²) in [5.74, 6) is 0. The van der Waals surface area contributed by atoms with Crippen LogP contribution in [0.15, 0.2) is 36.8 Å². The quantitative estimate of drug-likeness (QED) is 0.547. The Balaban J connectivity index is 0.000000963. The number of hydrogen-bond acceptors (Lipinski definition) is 1. The molecule has 0 saturated carbocycles. The van der Waals surface area contributed by atoms with Gasteiger partial charge in [0.2, 0.25) is 0 Å². The van der Waals surface area contributed by atoms with Gasteiger partial charge in [-0.15, -0.1) is 29.7 Å². The third-order valence-corrected chi connectivity index (χ3v) is 2.41. The van der Waals surface area contributed by atoms with Gasteiger partial charge in [0.15, 0.2) is 5.69 Å². The monoisotopic (exact) mass is 385 g/mol. The van der Waals surface area contributed by atoms with Crippen molar-refractivity contribution in [1.82, 2.24) is 9.38 Å². The van der Waals surface area contributed by atoms with Crippen LogP contribution in [0.2, 0.25) is 0 Å². The smallest absolute Gasteiger partial charge is 0.169 e. The minimum Gasteiger partial charge on any atom is -0.357 e. The Morgan fingerprint density at radius 2 is 2.31 bits per heavy atom. The first-order chi connectivity index (χ1) is 7.40. The molecule has 16 heavy (non-hydrogen) atoms. The van der Waals surface area contributed by atoms with Crippen molar-refractivity contribution in [3.05, 3.63) is 54.3 Å². The van der Waals surface area contributed by atoms with Crippen LogP contribution in [0.1, 0.15) is 0 Å². The van der Waals surface area contributed by atoms with Gasteiger partial charge in [-0.1, -0.05) is 5.39 Å². The van der Waals surface area contributed by atoms with Crippen molar-refractivity contribution in [1.29, 1.82) is 0 Å². The van der Waals surface area contributed by atoms with Gasteiger partial charge in [0, 0.05) is 32.5 Å². The van der Waals surface area contributed by atoms with Crippen LogP contribution < -0.4 is 0 Å². The molecule has 79 valence electrons. The van der Waals surface area contributed by atoms with Gasteiger partial charge in [-0.05, 0) is 6.20 Å². The summed E-state index contributed by atoms with van der Waals surface area (Å²) in [5.41, 5.74) is 1.48. The molecule has 0 aliphatic rings. The summed E-state index contributed by atoms with van der Waals surface area (Å²) in [5, 5.41) is 1.81. The summed E-state index contributed by atoms with van der Waals surface area (Å²) in [6.07, 6.45) is 5.36. The van der Waals surface area contributed by atoms with E-state index in [1.165, 1.54) is 0 Å². The molecule has 3 aromatic rings. The van der Waals surface area contributed by atoms with E-state index in [-0.39, 0.29) is 20.1 Å². The zero-order chi connectivity index (χ0) is 10.3. The summed E-state index contributed by atoms with van der Waals surface area (Å²) < 4.78 is 1.85. The topological polar surface area (TPSA) is 21.7 Å². The third kappa shape index (κ3) is 1.42. The van der Waals surface area contributed by atoms with Crippen LogP contribution in [0, 0.1) is 12.6 Å². The normalized spacial score (nSPS) is 9.94. The summed E-state index contributed by atoms with van der Waals surface area (Å²) in [7, 11) is 0. The maximum Gasteiger partial charge on any atom is 0.169 e. The van der Waals surface area contributed by atoms with Crippen molar-refractivity contribution >= 4 is 22.1 Å². The molecule has 0 fully saturated rings.